The molecule has 7 nitrogen and oxygen atoms in total. The van der Waals surface area contributed by atoms with Gasteiger partial charge in [0.2, 0.25) is 11.8 Å². The Balaban J connectivity index is 1.71. The Bertz CT molecular complexity index is 881. The Morgan fingerprint density at radius 2 is 1.94 bits per heavy atom. The normalized spacial score (nSPS) is 35.2. The van der Waals surface area contributed by atoms with E-state index in [1.54, 1.807) is 0 Å². The van der Waals surface area contributed by atoms with Gasteiger partial charge in [0, 0.05) is 42.6 Å². The zero-order valence-electron chi connectivity index (χ0n) is 19.7. The standard InChI is InChI=1S/C24H37N3O4S/c1-14-6-9-27(10-7-14)20(31)11-16-21-17(32-22(26-21)25-15(2)29)12-18-23(16,3)8-5-19(30)24(18,4)13-28/h14,16,18-19,28,30H,5-13H2,1-4H3,(H,25,26,29)/t16-,18+,19+,23-,24-/m0/s1. The maximum atomic E-state index is 13.4. The molecule has 0 spiro atoms. The van der Waals surface area contributed by atoms with Crippen LogP contribution < -0.4 is 5.32 Å². The highest BCUT2D eigenvalue weighted by Gasteiger charge is 2.59. The second-order valence-corrected chi connectivity index (χ2v) is 11.9. The predicted molar refractivity (Wildman–Crippen MR) is 124 cm³/mol. The van der Waals surface area contributed by atoms with E-state index in [9.17, 15) is 19.8 Å². The van der Waals surface area contributed by atoms with Crippen molar-refractivity contribution in [2.75, 3.05) is 25.0 Å². The van der Waals surface area contributed by atoms with Crippen LogP contribution >= 0.6 is 11.3 Å². The first-order chi connectivity index (χ1) is 15.1. The molecule has 4 rings (SSSR count). The first-order valence-electron chi connectivity index (χ1n) is 11.9. The number of piperidine rings is 1. The van der Waals surface area contributed by atoms with E-state index in [0.29, 0.717) is 30.3 Å². The Hall–Kier alpha value is -1.51. The number of hydrogen-bond donors (Lipinski definition) is 3. The Morgan fingerprint density at radius 1 is 1.25 bits per heavy atom. The maximum Gasteiger partial charge on any atom is 0.223 e. The summed E-state index contributed by atoms with van der Waals surface area (Å²) in [4.78, 5) is 32.9. The fraction of sp³-hybridized carbons (Fsp3) is 0.792. The summed E-state index contributed by atoms with van der Waals surface area (Å²) in [5.74, 6) is 0.596. The second-order valence-electron chi connectivity index (χ2n) is 10.8. The van der Waals surface area contributed by atoms with Crippen LogP contribution in [0, 0.1) is 22.7 Å². The van der Waals surface area contributed by atoms with E-state index in [-0.39, 0.29) is 35.7 Å². The molecule has 0 radical (unpaired) electrons. The van der Waals surface area contributed by atoms with Crippen LogP contribution in [0.15, 0.2) is 0 Å². The van der Waals surface area contributed by atoms with E-state index >= 15 is 0 Å². The van der Waals surface area contributed by atoms with Gasteiger partial charge in [-0.2, -0.15) is 0 Å². The van der Waals surface area contributed by atoms with Gasteiger partial charge in [0.15, 0.2) is 5.13 Å². The lowest BCUT2D eigenvalue weighted by Gasteiger charge is -2.58. The number of carbonyl (C=O) groups excluding carboxylic acids is 2. The largest absolute Gasteiger partial charge is 0.396 e. The molecule has 32 heavy (non-hydrogen) atoms. The molecule has 2 fully saturated rings. The minimum atomic E-state index is -0.634. The number of thiazole rings is 1. The number of hydrogen-bond acceptors (Lipinski definition) is 6. The van der Waals surface area contributed by atoms with Crippen LogP contribution in [0.1, 0.15) is 76.3 Å². The summed E-state index contributed by atoms with van der Waals surface area (Å²) in [5, 5.41) is 24.6. The first kappa shape index (κ1) is 23.6. The number of nitrogens with zero attached hydrogens (tertiary/aromatic N) is 2. The van der Waals surface area contributed by atoms with E-state index in [1.807, 2.05) is 11.8 Å². The fourth-order valence-electron chi connectivity index (χ4n) is 6.41. The van der Waals surface area contributed by atoms with Crippen molar-refractivity contribution in [2.45, 2.75) is 78.2 Å². The summed E-state index contributed by atoms with van der Waals surface area (Å²) >= 11 is 1.47. The van der Waals surface area contributed by atoms with Crippen LogP contribution in [0.25, 0.3) is 0 Å². The Labute approximate surface area is 194 Å². The van der Waals surface area contributed by atoms with Crippen molar-refractivity contribution in [2.24, 2.45) is 22.7 Å². The lowest BCUT2D eigenvalue weighted by molar-refractivity contribution is -0.147. The average molecular weight is 464 g/mol. The number of carbonyl (C=O) groups is 2. The fourth-order valence-corrected chi connectivity index (χ4v) is 7.53. The van der Waals surface area contributed by atoms with Crippen LogP contribution in [-0.4, -0.2) is 57.7 Å². The molecule has 1 aromatic heterocycles. The number of nitrogens with one attached hydrogen (secondary N) is 1. The van der Waals surface area contributed by atoms with Crippen molar-refractivity contribution in [1.29, 1.82) is 0 Å². The van der Waals surface area contributed by atoms with Crippen LogP contribution in [0.2, 0.25) is 0 Å². The third-order valence-corrected chi connectivity index (χ3v) is 9.70. The lowest BCUT2D eigenvalue weighted by Crippen LogP contribution is -2.57. The summed E-state index contributed by atoms with van der Waals surface area (Å²) in [6.07, 6.45) is 3.98. The highest BCUT2D eigenvalue weighted by Crippen LogP contribution is 2.62. The molecule has 1 aliphatic heterocycles. The van der Waals surface area contributed by atoms with Gasteiger partial charge in [0.05, 0.1) is 18.4 Å². The van der Waals surface area contributed by atoms with E-state index in [2.05, 4.69) is 19.2 Å². The molecule has 1 saturated heterocycles. The number of anilines is 1. The molecule has 1 saturated carbocycles. The molecule has 0 unspecified atom stereocenters. The molecule has 1 aromatic rings. The molecular weight excluding hydrogens is 426 g/mol. The molecule has 0 bridgehead atoms. The molecule has 3 aliphatic rings. The predicted octanol–water partition coefficient (Wildman–Crippen LogP) is 3.17. The van der Waals surface area contributed by atoms with E-state index in [1.165, 1.54) is 18.3 Å². The van der Waals surface area contributed by atoms with E-state index in [4.69, 9.17) is 4.98 Å². The number of aliphatic hydroxyl groups excluding tert-OH is 2. The van der Waals surface area contributed by atoms with Gasteiger partial charge < -0.3 is 20.4 Å². The molecule has 2 heterocycles. The molecular formula is C24H37N3O4S. The monoisotopic (exact) mass is 463 g/mol. The lowest BCUT2D eigenvalue weighted by atomic mass is 9.47. The zero-order chi connectivity index (χ0) is 23.3. The highest BCUT2D eigenvalue weighted by atomic mass is 32.1. The molecule has 0 aromatic carbocycles. The molecule has 2 aliphatic carbocycles. The maximum absolute atomic E-state index is 13.4. The molecule has 178 valence electrons. The third-order valence-electron chi connectivity index (χ3n) is 8.69. The number of rotatable bonds is 4. The van der Waals surface area contributed by atoms with Crippen molar-refractivity contribution in [3.8, 4) is 0 Å². The number of fused-ring (bicyclic) bond motifs is 2. The summed E-state index contributed by atoms with van der Waals surface area (Å²) in [6.45, 7) is 9.43. The van der Waals surface area contributed by atoms with Gasteiger partial charge in [0.1, 0.15) is 0 Å². The van der Waals surface area contributed by atoms with Gasteiger partial charge in [-0.3, -0.25) is 9.59 Å². The van der Waals surface area contributed by atoms with Crippen LogP contribution in [-0.2, 0) is 16.0 Å². The molecule has 5 atom stereocenters. The number of amides is 2. The summed E-state index contributed by atoms with van der Waals surface area (Å²) in [7, 11) is 0. The van der Waals surface area contributed by atoms with Crippen molar-refractivity contribution < 1.29 is 19.8 Å². The van der Waals surface area contributed by atoms with Gasteiger partial charge in [-0.25, -0.2) is 4.98 Å². The van der Waals surface area contributed by atoms with Crippen molar-refractivity contribution >= 4 is 28.3 Å². The quantitative estimate of drug-likeness (QED) is 0.636. The molecule has 2 amide bonds. The van der Waals surface area contributed by atoms with Crippen LogP contribution in [0.3, 0.4) is 0 Å². The van der Waals surface area contributed by atoms with E-state index in [0.717, 1.165) is 42.9 Å². The second kappa shape index (κ2) is 8.69. The smallest absolute Gasteiger partial charge is 0.223 e. The van der Waals surface area contributed by atoms with Gasteiger partial charge in [0.25, 0.3) is 0 Å². The highest BCUT2D eigenvalue weighted by molar-refractivity contribution is 7.15. The zero-order valence-corrected chi connectivity index (χ0v) is 20.5. The van der Waals surface area contributed by atoms with Crippen LogP contribution in [0.4, 0.5) is 5.13 Å². The van der Waals surface area contributed by atoms with Gasteiger partial charge in [-0.15, -0.1) is 11.3 Å². The third kappa shape index (κ3) is 3.99. The number of aliphatic hydroxyl groups is 2. The SMILES string of the molecule is CC(=O)Nc1nc2c(s1)C[C@H]1[C@](C)(CO)[C@H](O)CC[C@@]1(C)[C@H]2CC(=O)N1CCC(C)CC1. The van der Waals surface area contributed by atoms with Crippen molar-refractivity contribution in [3.63, 3.8) is 0 Å². The summed E-state index contributed by atoms with van der Waals surface area (Å²) in [6, 6.07) is 0. The minimum absolute atomic E-state index is 0.0288. The average Bonchev–Trinajstić information content (AvgIpc) is 3.14. The Kier molecular flexibility index (Phi) is 6.42. The molecule has 3 N–H and O–H groups in total. The number of aromatic nitrogens is 1. The topological polar surface area (TPSA) is 103 Å². The summed E-state index contributed by atoms with van der Waals surface area (Å²) in [5.41, 5.74) is 0.0299. The Morgan fingerprint density at radius 3 is 2.56 bits per heavy atom. The van der Waals surface area contributed by atoms with E-state index < -0.39 is 11.5 Å². The molecule has 8 heteroatoms. The summed E-state index contributed by atoms with van der Waals surface area (Å²) < 4.78 is 0. The van der Waals surface area contributed by atoms with Crippen molar-refractivity contribution in [1.82, 2.24) is 9.88 Å². The van der Waals surface area contributed by atoms with Gasteiger partial charge >= 0.3 is 0 Å². The van der Waals surface area contributed by atoms with Crippen molar-refractivity contribution in [3.05, 3.63) is 10.6 Å². The van der Waals surface area contributed by atoms with Crippen LogP contribution in [0.5, 0.6) is 0 Å². The number of likely N-dealkylation sites (tertiary alicyclic amines) is 1. The first-order valence-corrected chi connectivity index (χ1v) is 12.7. The van der Waals surface area contributed by atoms with Gasteiger partial charge in [-0.05, 0) is 49.4 Å². The van der Waals surface area contributed by atoms with Gasteiger partial charge in [-0.1, -0.05) is 20.8 Å². The minimum Gasteiger partial charge on any atom is -0.396 e.